The van der Waals surface area contributed by atoms with Gasteiger partial charge in [0.25, 0.3) is 0 Å². The zero-order valence-electron chi connectivity index (χ0n) is 8.95. The molecule has 0 saturated heterocycles. The average Bonchev–Trinajstić information content (AvgIpc) is 2.78. The molecule has 0 radical (unpaired) electrons. The zero-order valence-corrected chi connectivity index (χ0v) is 16.2. The van der Waals surface area contributed by atoms with Crippen LogP contribution in [0.2, 0.25) is 0 Å². The Kier molecular flexibility index (Phi) is 5.23. The third kappa shape index (κ3) is 3.03. The van der Waals surface area contributed by atoms with Crippen molar-refractivity contribution in [3.8, 4) is 0 Å². The molecule has 7 heteroatoms. The average molecular weight is 588 g/mol. The number of nitrogens with zero attached hydrogens (tertiary/aromatic N) is 1. The zero-order chi connectivity index (χ0) is 12.5. The number of aromatic nitrogens is 2. The van der Waals surface area contributed by atoms with E-state index >= 15 is 0 Å². The minimum atomic E-state index is -0.764. The van der Waals surface area contributed by atoms with Crippen LogP contribution in [-0.2, 0) is 5.72 Å². The van der Waals surface area contributed by atoms with Gasteiger partial charge in [0.15, 0.2) is 11.0 Å². The molecule has 17 heavy (non-hydrogen) atoms. The van der Waals surface area contributed by atoms with Gasteiger partial charge in [-0.1, -0.05) is 12.1 Å². The van der Waals surface area contributed by atoms with Crippen molar-refractivity contribution in [2.75, 3.05) is 5.75 Å². The Morgan fingerprint density at radius 3 is 2.82 bits per heavy atom. The molecule has 2 N–H and O–H groups in total. The summed E-state index contributed by atoms with van der Waals surface area (Å²) in [6, 6.07) is 8.03. The quantitative estimate of drug-likeness (QED) is 0.337. The summed E-state index contributed by atoms with van der Waals surface area (Å²) in [5.41, 5.74) is 1.38. The summed E-state index contributed by atoms with van der Waals surface area (Å²) in [5.74, 6) is 0.712. The molecule has 1 unspecified atom stereocenters. The minimum absolute atomic E-state index is 0.530. The van der Waals surface area contributed by atoms with Gasteiger partial charge in [-0.25, -0.2) is 4.98 Å². The van der Waals surface area contributed by atoms with Gasteiger partial charge < -0.3 is 5.11 Å². The molecular formula is C10H11I3N2OS. The van der Waals surface area contributed by atoms with Crippen molar-refractivity contribution in [2.45, 2.75) is 17.8 Å². The van der Waals surface area contributed by atoms with Gasteiger partial charge in [0.2, 0.25) is 5.72 Å². The van der Waals surface area contributed by atoms with Crippen molar-refractivity contribution in [3.63, 3.8) is 0 Å². The fraction of sp³-hybridized carbons (Fsp3) is 0.300. The Morgan fingerprint density at radius 2 is 2.12 bits per heavy atom. The second-order valence-electron chi connectivity index (χ2n) is 3.84. The Bertz CT molecular complexity index is 529. The first-order valence-corrected chi connectivity index (χ1v) is 18.4. The predicted octanol–water partition coefficient (Wildman–Crippen LogP) is 0.00150. The number of thioether (sulfide) groups is 1. The van der Waals surface area contributed by atoms with E-state index < -0.39 is 5.72 Å². The molecule has 0 saturated carbocycles. The number of fused-ring (bicyclic) bond motifs is 3. The van der Waals surface area contributed by atoms with Gasteiger partial charge in [0, 0.05) is 6.92 Å². The number of aromatic amines is 1. The van der Waals surface area contributed by atoms with Gasteiger partial charge in [-0.2, -0.15) is 4.57 Å². The topological polar surface area (TPSA) is 39.9 Å². The van der Waals surface area contributed by atoms with Gasteiger partial charge in [0.05, 0.1) is 5.75 Å². The summed E-state index contributed by atoms with van der Waals surface area (Å²) in [6.45, 7) is 1.84. The normalized spacial score (nSPS) is 22.4. The standard InChI is InChI=1S/C10H10N2OS.I3/c1-10(13)6-14-9-11-7-4-2-3-5-8(7)12(9)10;1-3-2/h2-5,13H,6H2,1H3;/q;-1/p+1. The first kappa shape index (κ1) is 14.6. The van der Waals surface area contributed by atoms with Crippen LogP contribution in [0.25, 0.3) is 11.0 Å². The van der Waals surface area contributed by atoms with E-state index in [-0.39, 0.29) is 0 Å². The van der Waals surface area contributed by atoms with Gasteiger partial charge in [-0.05, 0) is 23.9 Å². The van der Waals surface area contributed by atoms with Crippen molar-refractivity contribution in [1.29, 1.82) is 0 Å². The number of para-hydroxylation sites is 2. The Hall–Kier alpha value is 1.19. The van der Waals surface area contributed by atoms with Crippen LogP contribution in [0.5, 0.6) is 0 Å². The maximum atomic E-state index is 10.2. The number of hydrogen-bond acceptors (Lipinski definition) is 2. The molecule has 3 rings (SSSR count). The number of nitrogens with one attached hydrogen (secondary N) is 1. The summed E-state index contributed by atoms with van der Waals surface area (Å²) < 4.78 is 1.97. The molecule has 1 aromatic heterocycles. The molecule has 0 bridgehead atoms. The molecular weight excluding hydrogens is 577 g/mol. The monoisotopic (exact) mass is 588 g/mol. The van der Waals surface area contributed by atoms with Crippen LogP contribution in [0.1, 0.15) is 6.92 Å². The summed E-state index contributed by atoms with van der Waals surface area (Å²) in [6.07, 6.45) is 0. The fourth-order valence-electron chi connectivity index (χ4n) is 1.90. The van der Waals surface area contributed by atoms with E-state index in [9.17, 15) is 5.11 Å². The molecule has 1 aliphatic heterocycles. The number of H-pyrrole nitrogens is 1. The second kappa shape index (κ2) is 6.09. The second-order valence-corrected chi connectivity index (χ2v) is 21.1. The van der Waals surface area contributed by atoms with Gasteiger partial charge in [0.1, 0.15) is 0 Å². The van der Waals surface area contributed by atoms with E-state index in [1.165, 1.54) is 0 Å². The van der Waals surface area contributed by atoms with E-state index in [4.69, 9.17) is 0 Å². The molecule has 3 nitrogen and oxygen atoms in total. The Labute approximate surface area is 134 Å². The van der Waals surface area contributed by atoms with E-state index in [2.05, 4.69) is 42.2 Å². The molecule has 0 fully saturated rings. The fourth-order valence-corrected chi connectivity index (χ4v) is 3.05. The molecule has 2 aromatic rings. The molecule has 0 spiro atoms. The number of aliphatic hydroxyl groups is 1. The molecule has 0 aliphatic carbocycles. The van der Waals surface area contributed by atoms with E-state index in [0.717, 1.165) is 16.2 Å². The summed E-state index contributed by atoms with van der Waals surface area (Å²) in [5, 5.41) is 11.2. The first-order valence-electron chi connectivity index (χ1n) is 4.85. The SMILES string of the molecule is CC1(O)CSc2[nH]c3ccccc3[n+]21.I[I-]I. The van der Waals surface area contributed by atoms with Gasteiger partial charge >= 0.3 is 55.6 Å². The third-order valence-electron chi connectivity index (χ3n) is 2.55. The van der Waals surface area contributed by atoms with Crippen LogP contribution in [0.3, 0.4) is 0 Å². The Balaban J connectivity index is 0.000000329. The number of hydrogen-bond donors (Lipinski definition) is 2. The third-order valence-corrected chi connectivity index (χ3v) is 3.80. The number of imidazole rings is 1. The predicted molar refractivity (Wildman–Crippen MR) is 83.1 cm³/mol. The van der Waals surface area contributed by atoms with Crippen molar-refractivity contribution < 1.29 is 22.9 Å². The van der Waals surface area contributed by atoms with Crippen LogP contribution in [0.4, 0.5) is 0 Å². The van der Waals surface area contributed by atoms with E-state index in [1.54, 1.807) is 11.8 Å². The van der Waals surface area contributed by atoms with E-state index in [1.807, 2.05) is 35.8 Å². The van der Waals surface area contributed by atoms with Crippen molar-refractivity contribution in [2.24, 2.45) is 0 Å². The molecule has 1 atom stereocenters. The molecule has 1 aromatic carbocycles. The van der Waals surface area contributed by atoms with Crippen LogP contribution < -0.4 is 17.8 Å². The van der Waals surface area contributed by atoms with Crippen LogP contribution in [-0.4, -0.2) is 15.8 Å². The molecule has 0 amide bonds. The van der Waals surface area contributed by atoms with Crippen molar-refractivity contribution in [3.05, 3.63) is 24.3 Å². The first-order chi connectivity index (χ1) is 8.10. The molecule has 94 valence electrons. The van der Waals surface area contributed by atoms with Crippen LogP contribution in [0.15, 0.2) is 29.4 Å². The van der Waals surface area contributed by atoms with E-state index in [0.29, 0.717) is 19.0 Å². The van der Waals surface area contributed by atoms with Crippen molar-refractivity contribution >= 4 is 60.0 Å². The number of rotatable bonds is 0. The van der Waals surface area contributed by atoms with Crippen LogP contribution in [0, 0.1) is 0 Å². The van der Waals surface area contributed by atoms with Crippen LogP contribution >= 0.6 is 49.0 Å². The van der Waals surface area contributed by atoms with Crippen molar-refractivity contribution in [1.82, 2.24) is 4.98 Å². The van der Waals surface area contributed by atoms with Gasteiger partial charge in [-0.15, -0.1) is 0 Å². The maximum absolute atomic E-state index is 10.2. The number of benzene rings is 1. The Morgan fingerprint density at radius 1 is 1.47 bits per heavy atom. The number of halogens is 3. The van der Waals surface area contributed by atoms with Gasteiger partial charge in [-0.3, -0.25) is 0 Å². The summed E-state index contributed by atoms with van der Waals surface area (Å²) in [4.78, 5) is 3.30. The summed E-state index contributed by atoms with van der Waals surface area (Å²) >= 11 is 6.96. The molecule has 2 heterocycles. The summed E-state index contributed by atoms with van der Waals surface area (Å²) in [7, 11) is 0. The molecule has 1 aliphatic rings.